The van der Waals surface area contributed by atoms with Gasteiger partial charge in [-0.1, -0.05) is 23.7 Å². The second-order valence-electron chi connectivity index (χ2n) is 4.12. The van der Waals surface area contributed by atoms with Crippen molar-refractivity contribution in [2.75, 3.05) is 5.73 Å². The predicted octanol–water partition coefficient (Wildman–Crippen LogP) is 2.56. The molecule has 0 radical (unpaired) electrons. The summed E-state index contributed by atoms with van der Waals surface area (Å²) in [4.78, 5) is 11.9. The van der Waals surface area contributed by atoms with Crippen molar-refractivity contribution in [3.05, 3.63) is 58.6 Å². The van der Waals surface area contributed by atoms with Crippen LogP contribution in [0.3, 0.4) is 0 Å². The third kappa shape index (κ3) is 3.63. The maximum absolute atomic E-state index is 11.9. The highest BCUT2D eigenvalue weighted by Crippen LogP contribution is 2.16. The van der Waals surface area contributed by atoms with E-state index >= 15 is 0 Å². The van der Waals surface area contributed by atoms with Crippen LogP contribution in [0.4, 0.5) is 5.69 Å². The summed E-state index contributed by atoms with van der Waals surface area (Å²) < 4.78 is 0. The average molecular weight is 277 g/mol. The molecule has 0 aliphatic carbocycles. The fourth-order valence-electron chi connectivity index (χ4n) is 1.64. The van der Waals surface area contributed by atoms with Crippen molar-refractivity contribution in [3.8, 4) is 5.75 Å². The Morgan fingerprint density at radius 2 is 1.89 bits per heavy atom. The number of nitrogens with one attached hydrogen (secondary N) is 1. The van der Waals surface area contributed by atoms with E-state index in [9.17, 15) is 4.79 Å². The number of amides is 1. The molecular formula is C14H13ClN2O2. The lowest BCUT2D eigenvalue weighted by Gasteiger charge is -2.07. The van der Waals surface area contributed by atoms with Gasteiger partial charge in [-0.3, -0.25) is 4.79 Å². The van der Waals surface area contributed by atoms with Gasteiger partial charge in [0.2, 0.25) is 0 Å². The number of aromatic hydroxyl groups is 1. The van der Waals surface area contributed by atoms with Crippen LogP contribution in [-0.2, 0) is 6.54 Å². The van der Waals surface area contributed by atoms with Crippen molar-refractivity contribution >= 4 is 23.2 Å². The fraction of sp³-hybridized carbons (Fsp3) is 0.0714. The zero-order chi connectivity index (χ0) is 13.8. The molecule has 19 heavy (non-hydrogen) atoms. The molecule has 2 aromatic rings. The summed E-state index contributed by atoms with van der Waals surface area (Å²) in [5.74, 6) is -0.0556. The number of phenolic OH excluding ortho intramolecular Hbond substituents is 1. The van der Waals surface area contributed by atoms with Crippen molar-refractivity contribution in [1.29, 1.82) is 0 Å². The number of carbonyl (C=O) groups is 1. The topological polar surface area (TPSA) is 75.4 Å². The van der Waals surface area contributed by atoms with Gasteiger partial charge in [-0.25, -0.2) is 0 Å². The summed E-state index contributed by atoms with van der Waals surface area (Å²) >= 11 is 5.84. The summed E-state index contributed by atoms with van der Waals surface area (Å²) in [6, 6.07) is 11.3. The number of nitrogens with two attached hydrogens (primary N) is 1. The number of halogens is 1. The molecule has 0 aliphatic rings. The number of carbonyl (C=O) groups excluding carboxylic acids is 1. The molecule has 0 bridgehead atoms. The molecule has 2 rings (SSSR count). The summed E-state index contributed by atoms with van der Waals surface area (Å²) in [6.45, 7) is 0.367. The van der Waals surface area contributed by atoms with Crippen LogP contribution < -0.4 is 11.1 Å². The lowest BCUT2D eigenvalue weighted by atomic mass is 10.1. The van der Waals surface area contributed by atoms with Gasteiger partial charge >= 0.3 is 0 Å². The average Bonchev–Trinajstić information content (AvgIpc) is 2.36. The first-order valence-electron chi connectivity index (χ1n) is 5.67. The molecule has 0 atom stereocenters. The molecular weight excluding hydrogens is 264 g/mol. The highest BCUT2D eigenvalue weighted by molar-refractivity contribution is 6.31. The van der Waals surface area contributed by atoms with Crippen LogP contribution in [0.5, 0.6) is 5.75 Å². The Kier molecular flexibility index (Phi) is 3.92. The van der Waals surface area contributed by atoms with Crippen LogP contribution in [0, 0.1) is 0 Å². The van der Waals surface area contributed by atoms with Crippen LogP contribution in [-0.4, -0.2) is 11.0 Å². The summed E-state index contributed by atoms with van der Waals surface area (Å²) in [5, 5.41) is 12.3. The lowest BCUT2D eigenvalue weighted by molar-refractivity contribution is 0.0951. The van der Waals surface area contributed by atoms with Crippen molar-refractivity contribution in [1.82, 2.24) is 5.32 Å². The van der Waals surface area contributed by atoms with E-state index in [2.05, 4.69) is 5.32 Å². The normalized spacial score (nSPS) is 10.2. The van der Waals surface area contributed by atoms with Crippen molar-refractivity contribution in [3.63, 3.8) is 0 Å². The molecule has 2 aromatic carbocycles. The molecule has 1 amide bonds. The van der Waals surface area contributed by atoms with E-state index in [4.69, 9.17) is 22.4 Å². The molecule has 4 nitrogen and oxygen atoms in total. The standard InChI is InChI=1S/C14H13ClN2O2/c15-11-5-10(6-12(16)7-11)14(19)17-8-9-1-3-13(18)4-2-9/h1-7,18H,8,16H2,(H,17,19). The van der Waals surface area contributed by atoms with E-state index in [1.165, 1.54) is 0 Å². The maximum Gasteiger partial charge on any atom is 0.251 e. The number of benzene rings is 2. The lowest BCUT2D eigenvalue weighted by Crippen LogP contribution is -2.22. The van der Waals surface area contributed by atoms with Crippen molar-refractivity contribution < 1.29 is 9.90 Å². The van der Waals surface area contributed by atoms with Crippen LogP contribution in [0.2, 0.25) is 5.02 Å². The minimum Gasteiger partial charge on any atom is -0.508 e. The second kappa shape index (κ2) is 5.63. The number of hydrogen-bond donors (Lipinski definition) is 3. The fourth-order valence-corrected chi connectivity index (χ4v) is 1.89. The maximum atomic E-state index is 11.9. The van der Waals surface area contributed by atoms with Crippen molar-refractivity contribution in [2.45, 2.75) is 6.54 Å². The van der Waals surface area contributed by atoms with Gasteiger partial charge in [-0.05, 0) is 35.9 Å². The molecule has 4 N–H and O–H groups in total. The zero-order valence-corrected chi connectivity index (χ0v) is 10.8. The Hall–Kier alpha value is -2.20. The third-order valence-electron chi connectivity index (χ3n) is 2.57. The minimum absolute atomic E-state index is 0.192. The van der Waals surface area contributed by atoms with Crippen molar-refractivity contribution in [2.24, 2.45) is 0 Å². The van der Waals surface area contributed by atoms with Gasteiger partial charge in [0.05, 0.1) is 0 Å². The van der Waals surface area contributed by atoms with Crippen LogP contribution in [0.1, 0.15) is 15.9 Å². The van der Waals surface area contributed by atoms with E-state index < -0.39 is 0 Å². The highest BCUT2D eigenvalue weighted by atomic mass is 35.5. The molecule has 0 fully saturated rings. The van der Waals surface area contributed by atoms with Gasteiger partial charge in [0.1, 0.15) is 5.75 Å². The van der Waals surface area contributed by atoms with E-state index in [0.29, 0.717) is 22.8 Å². The van der Waals surface area contributed by atoms with Gasteiger partial charge in [0.15, 0.2) is 0 Å². The van der Waals surface area contributed by atoms with Gasteiger partial charge in [0.25, 0.3) is 5.91 Å². The van der Waals surface area contributed by atoms with Gasteiger partial charge in [0, 0.05) is 22.8 Å². The largest absolute Gasteiger partial charge is 0.508 e. The SMILES string of the molecule is Nc1cc(Cl)cc(C(=O)NCc2ccc(O)cc2)c1. The molecule has 0 saturated carbocycles. The predicted molar refractivity (Wildman–Crippen MR) is 75.1 cm³/mol. The summed E-state index contributed by atoms with van der Waals surface area (Å²) in [5.41, 5.74) is 7.39. The van der Waals surface area contributed by atoms with Crippen LogP contribution in [0.25, 0.3) is 0 Å². The quantitative estimate of drug-likeness (QED) is 0.754. The monoisotopic (exact) mass is 276 g/mol. The zero-order valence-electron chi connectivity index (χ0n) is 10.1. The number of nitrogen functional groups attached to an aromatic ring is 1. The van der Waals surface area contributed by atoms with Gasteiger partial charge in [-0.15, -0.1) is 0 Å². The number of phenols is 1. The molecule has 5 heteroatoms. The first-order valence-corrected chi connectivity index (χ1v) is 6.04. The smallest absolute Gasteiger partial charge is 0.251 e. The molecule has 0 spiro atoms. The molecule has 0 aromatic heterocycles. The first-order chi connectivity index (χ1) is 9.04. The van der Waals surface area contributed by atoms with Gasteiger partial charge < -0.3 is 16.2 Å². The van der Waals surface area contributed by atoms with E-state index in [1.807, 2.05) is 0 Å². The molecule has 0 unspecified atom stereocenters. The second-order valence-corrected chi connectivity index (χ2v) is 4.56. The number of hydrogen-bond acceptors (Lipinski definition) is 3. The Morgan fingerprint density at radius 3 is 2.53 bits per heavy atom. The minimum atomic E-state index is -0.248. The molecule has 0 aliphatic heterocycles. The highest BCUT2D eigenvalue weighted by Gasteiger charge is 2.07. The Morgan fingerprint density at radius 1 is 1.21 bits per heavy atom. The summed E-state index contributed by atoms with van der Waals surface area (Å²) in [6.07, 6.45) is 0. The Bertz CT molecular complexity index is 577. The first kappa shape index (κ1) is 13.2. The Balaban J connectivity index is 2.03. The van der Waals surface area contributed by atoms with E-state index in [1.54, 1.807) is 42.5 Å². The molecule has 0 heterocycles. The number of anilines is 1. The van der Waals surface area contributed by atoms with E-state index in [0.717, 1.165) is 5.56 Å². The number of rotatable bonds is 3. The summed E-state index contributed by atoms with van der Waals surface area (Å²) in [7, 11) is 0. The third-order valence-corrected chi connectivity index (χ3v) is 2.79. The van der Waals surface area contributed by atoms with Crippen LogP contribution in [0.15, 0.2) is 42.5 Å². The molecule has 98 valence electrons. The van der Waals surface area contributed by atoms with Gasteiger partial charge in [-0.2, -0.15) is 0 Å². The van der Waals surface area contributed by atoms with E-state index in [-0.39, 0.29) is 11.7 Å². The molecule has 0 saturated heterocycles. The Labute approximate surface area is 115 Å². The van der Waals surface area contributed by atoms with Crippen LogP contribution >= 0.6 is 11.6 Å².